The van der Waals surface area contributed by atoms with Crippen molar-refractivity contribution in [2.24, 2.45) is 0 Å². The van der Waals surface area contributed by atoms with Gasteiger partial charge in [-0.1, -0.05) is 0 Å². The molecule has 12 heavy (non-hydrogen) atoms. The van der Waals surface area contributed by atoms with Crippen LogP contribution < -0.4 is 5.32 Å². The van der Waals surface area contributed by atoms with Gasteiger partial charge >= 0.3 is 5.97 Å². The Morgan fingerprint density at radius 1 is 1.75 bits per heavy atom. The number of carbonyl (C=O) groups is 2. The van der Waals surface area contributed by atoms with Crippen molar-refractivity contribution in [3.05, 3.63) is 0 Å². The summed E-state index contributed by atoms with van der Waals surface area (Å²) in [6, 6.07) is 1.58. The molecule has 0 radical (unpaired) electrons. The lowest BCUT2D eigenvalue weighted by atomic mass is 10.4. The molecule has 0 saturated carbocycles. The van der Waals surface area contributed by atoms with Gasteiger partial charge in [-0.15, -0.1) is 0 Å². The van der Waals surface area contributed by atoms with Crippen LogP contribution in [0.3, 0.4) is 0 Å². The summed E-state index contributed by atoms with van der Waals surface area (Å²) in [5.74, 6) is -1.98. The van der Waals surface area contributed by atoms with Crippen LogP contribution in [0.2, 0.25) is 0 Å². The van der Waals surface area contributed by atoms with Gasteiger partial charge in [-0.25, -0.2) is 4.79 Å². The Kier molecular flexibility index (Phi) is 4.41. The number of hydrogen-bond donors (Lipinski definition) is 2. The SMILES string of the molecule is COC(NC(=O)CC#N)C(=O)O. The van der Waals surface area contributed by atoms with E-state index in [1.54, 1.807) is 6.07 Å². The predicted octanol–water partition coefficient (Wildman–Crippen LogP) is -0.927. The Balaban J connectivity index is 3.96. The molecule has 0 aliphatic heterocycles. The summed E-state index contributed by atoms with van der Waals surface area (Å²) in [5.41, 5.74) is 0. The topological polar surface area (TPSA) is 99.4 Å². The number of ether oxygens (including phenoxy) is 1. The first-order valence-corrected chi connectivity index (χ1v) is 3.03. The summed E-state index contributed by atoms with van der Waals surface area (Å²) in [6.45, 7) is 0. The van der Waals surface area contributed by atoms with E-state index in [-0.39, 0.29) is 6.42 Å². The Hall–Kier alpha value is -1.61. The minimum absolute atomic E-state index is 0.382. The maximum absolute atomic E-state index is 10.6. The van der Waals surface area contributed by atoms with Crippen molar-refractivity contribution in [1.82, 2.24) is 5.32 Å². The summed E-state index contributed by atoms with van der Waals surface area (Å²) in [4.78, 5) is 20.9. The number of rotatable bonds is 4. The number of aliphatic carboxylic acids is 1. The third kappa shape index (κ3) is 3.53. The Labute approximate surface area is 68.7 Å². The highest BCUT2D eigenvalue weighted by Gasteiger charge is 2.17. The van der Waals surface area contributed by atoms with E-state index < -0.39 is 18.1 Å². The van der Waals surface area contributed by atoms with Gasteiger partial charge in [0.2, 0.25) is 12.1 Å². The second-order valence-electron chi connectivity index (χ2n) is 1.86. The van der Waals surface area contributed by atoms with Gasteiger partial charge in [0, 0.05) is 7.11 Å². The molecule has 0 heterocycles. The molecule has 0 aromatic heterocycles. The van der Waals surface area contributed by atoms with E-state index in [2.05, 4.69) is 4.74 Å². The molecule has 0 saturated heterocycles. The van der Waals surface area contributed by atoms with Crippen molar-refractivity contribution in [2.45, 2.75) is 12.6 Å². The maximum atomic E-state index is 10.6. The molecule has 0 bridgehead atoms. The Morgan fingerprint density at radius 2 is 2.33 bits per heavy atom. The predicted molar refractivity (Wildman–Crippen MR) is 36.8 cm³/mol. The van der Waals surface area contributed by atoms with Crippen molar-refractivity contribution >= 4 is 11.9 Å². The molecule has 0 aromatic carbocycles. The average Bonchev–Trinajstić information content (AvgIpc) is 2.00. The largest absolute Gasteiger partial charge is 0.478 e. The van der Waals surface area contributed by atoms with Crippen molar-refractivity contribution in [2.75, 3.05) is 7.11 Å². The lowest BCUT2D eigenvalue weighted by Crippen LogP contribution is -2.41. The van der Waals surface area contributed by atoms with Gasteiger partial charge < -0.3 is 15.2 Å². The van der Waals surface area contributed by atoms with Gasteiger partial charge in [0.05, 0.1) is 6.07 Å². The first kappa shape index (κ1) is 10.4. The van der Waals surface area contributed by atoms with Crippen LogP contribution in [0.4, 0.5) is 0 Å². The van der Waals surface area contributed by atoms with Gasteiger partial charge in [0.25, 0.3) is 0 Å². The summed E-state index contributed by atoms with van der Waals surface area (Å²) >= 11 is 0. The molecule has 66 valence electrons. The molecule has 0 aliphatic rings. The summed E-state index contributed by atoms with van der Waals surface area (Å²) < 4.78 is 4.39. The van der Waals surface area contributed by atoms with Crippen LogP contribution in [-0.2, 0) is 14.3 Å². The number of carbonyl (C=O) groups excluding carboxylic acids is 1. The number of nitrogens with one attached hydrogen (secondary N) is 1. The van der Waals surface area contributed by atoms with E-state index in [9.17, 15) is 9.59 Å². The zero-order valence-electron chi connectivity index (χ0n) is 6.40. The fourth-order valence-corrected chi connectivity index (χ4v) is 0.491. The molecule has 0 fully saturated rings. The van der Waals surface area contributed by atoms with Crippen molar-refractivity contribution in [3.63, 3.8) is 0 Å². The highest BCUT2D eigenvalue weighted by molar-refractivity contribution is 5.83. The van der Waals surface area contributed by atoms with E-state index in [1.165, 1.54) is 0 Å². The van der Waals surface area contributed by atoms with E-state index >= 15 is 0 Å². The van der Waals surface area contributed by atoms with E-state index in [1.807, 2.05) is 5.32 Å². The lowest BCUT2D eigenvalue weighted by molar-refractivity contribution is -0.153. The van der Waals surface area contributed by atoms with Crippen LogP contribution in [0.5, 0.6) is 0 Å². The molecule has 0 aromatic rings. The van der Waals surface area contributed by atoms with Crippen LogP contribution in [0.25, 0.3) is 0 Å². The summed E-state index contributed by atoms with van der Waals surface area (Å²) in [7, 11) is 1.14. The number of nitrogens with zero attached hydrogens (tertiary/aromatic N) is 1. The number of hydrogen-bond acceptors (Lipinski definition) is 4. The molecule has 6 heteroatoms. The van der Waals surface area contributed by atoms with Gasteiger partial charge in [-0.2, -0.15) is 5.26 Å². The monoisotopic (exact) mass is 172 g/mol. The number of methoxy groups -OCH3 is 1. The zero-order chi connectivity index (χ0) is 9.56. The number of amides is 1. The lowest BCUT2D eigenvalue weighted by Gasteiger charge is -2.10. The second kappa shape index (κ2) is 5.09. The van der Waals surface area contributed by atoms with Crippen molar-refractivity contribution < 1.29 is 19.4 Å². The van der Waals surface area contributed by atoms with Crippen molar-refractivity contribution in [3.8, 4) is 6.07 Å². The number of nitriles is 1. The standard InChI is InChI=1S/C6H8N2O4/c1-12-5(6(10)11)8-4(9)2-3-7/h5H,2H2,1H3,(H,8,9)(H,10,11). The third-order valence-corrected chi connectivity index (χ3v) is 0.992. The van der Waals surface area contributed by atoms with Crippen molar-refractivity contribution in [1.29, 1.82) is 5.26 Å². The van der Waals surface area contributed by atoms with Crippen LogP contribution in [0.1, 0.15) is 6.42 Å². The smallest absolute Gasteiger partial charge is 0.354 e. The molecule has 1 atom stereocenters. The van der Waals surface area contributed by atoms with Gasteiger partial charge in [0.15, 0.2) is 0 Å². The first-order chi connectivity index (χ1) is 5.61. The van der Waals surface area contributed by atoms with Crippen LogP contribution in [-0.4, -0.2) is 30.3 Å². The molecule has 2 N–H and O–H groups in total. The summed E-state index contributed by atoms with van der Waals surface area (Å²) in [5, 5.41) is 18.4. The van der Waals surface area contributed by atoms with Crippen LogP contribution >= 0.6 is 0 Å². The normalized spacial score (nSPS) is 11.3. The molecular formula is C6H8N2O4. The van der Waals surface area contributed by atoms with Crippen LogP contribution in [0, 0.1) is 11.3 Å². The van der Waals surface area contributed by atoms with Gasteiger partial charge in [-0.05, 0) is 0 Å². The minimum Gasteiger partial charge on any atom is -0.478 e. The fourth-order valence-electron chi connectivity index (χ4n) is 0.491. The molecule has 0 aliphatic carbocycles. The number of carboxylic acid groups (broad SMARTS) is 1. The summed E-state index contributed by atoms with van der Waals surface area (Å²) in [6.07, 6.45) is -1.77. The average molecular weight is 172 g/mol. The first-order valence-electron chi connectivity index (χ1n) is 3.03. The van der Waals surface area contributed by atoms with Gasteiger partial charge in [-0.3, -0.25) is 4.79 Å². The third-order valence-electron chi connectivity index (χ3n) is 0.992. The van der Waals surface area contributed by atoms with E-state index in [0.29, 0.717) is 0 Å². The molecule has 0 rings (SSSR count). The Morgan fingerprint density at radius 3 is 2.67 bits per heavy atom. The van der Waals surface area contributed by atoms with Gasteiger partial charge in [0.1, 0.15) is 6.42 Å². The maximum Gasteiger partial charge on any atom is 0.354 e. The molecule has 1 amide bonds. The van der Waals surface area contributed by atoms with E-state index in [0.717, 1.165) is 7.11 Å². The Bertz CT molecular complexity index is 220. The quantitative estimate of drug-likeness (QED) is 0.534. The second-order valence-corrected chi connectivity index (χ2v) is 1.86. The van der Waals surface area contributed by atoms with E-state index in [4.69, 9.17) is 10.4 Å². The molecule has 0 spiro atoms. The zero-order valence-corrected chi connectivity index (χ0v) is 6.40. The van der Waals surface area contributed by atoms with Crippen LogP contribution in [0.15, 0.2) is 0 Å². The molecular weight excluding hydrogens is 164 g/mol. The molecule has 6 nitrogen and oxygen atoms in total. The highest BCUT2D eigenvalue weighted by Crippen LogP contribution is 1.86. The fraction of sp³-hybridized carbons (Fsp3) is 0.500. The minimum atomic E-state index is -1.38. The molecule has 1 unspecified atom stereocenters. The number of carboxylic acids is 1. The highest BCUT2D eigenvalue weighted by atomic mass is 16.5.